The van der Waals surface area contributed by atoms with E-state index in [0.717, 1.165) is 12.5 Å². The Morgan fingerprint density at radius 1 is 0.667 bits per heavy atom. The van der Waals surface area contributed by atoms with Crippen LogP contribution in [0.2, 0.25) is 50.9 Å². The minimum atomic E-state index is -1.59. The first kappa shape index (κ1) is 41.8. The molecule has 0 fully saturated rings. The van der Waals surface area contributed by atoms with Gasteiger partial charge in [-0.2, -0.15) is 15.0 Å². The second kappa shape index (κ2) is 18.8. The average molecular weight is 753 g/mol. The molecule has 0 saturated carbocycles. The molecule has 1 unspecified atom stereocenters. The molecule has 0 aliphatic heterocycles. The molecule has 1 atom stereocenters. The number of hydrogen-bond donors (Lipinski definition) is 3. The van der Waals surface area contributed by atoms with E-state index in [1.54, 1.807) is 48.5 Å². The number of benzene rings is 2. The quantitative estimate of drug-likeness (QED) is 0.0655. The van der Waals surface area contributed by atoms with Crippen LogP contribution < -0.4 is 16.0 Å². The van der Waals surface area contributed by atoms with E-state index in [9.17, 15) is 9.59 Å². The number of esters is 2. The Morgan fingerprint density at radius 2 is 1.10 bits per heavy atom. The van der Waals surface area contributed by atoms with E-state index in [1.807, 2.05) is 41.5 Å². The highest BCUT2D eigenvalue weighted by molar-refractivity contribution is 6.77. The van der Waals surface area contributed by atoms with Crippen LogP contribution in [-0.2, 0) is 13.6 Å². The highest BCUT2D eigenvalue weighted by atomic mass is 28.4. The number of hydrogen-bond acceptors (Lipinski definition) is 11. The molecule has 0 amide bonds. The van der Waals surface area contributed by atoms with Crippen molar-refractivity contribution in [1.82, 2.24) is 15.0 Å². The van der Waals surface area contributed by atoms with E-state index in [2.05, 4.69) is 63.6 Å². The third-order valence-electron chi connectivity index (χ3n) is 7.23. The van der Waals surface area contributed by atoms with Crippen molar-refractivity contribution < 1.29 is 23.2 Å². The van der Waals surface area contributed by atoms with Crippen LogP contribution in [0.25, 0.3) is 0 Å². The number of carbonyl (C=O) groups excluding carboxylic acids is 2. The summed E-state index contributed by atoms with van der Waals surface area (Å²) in [5, 5.41) is 9.89. The topological polar surface area (TPSA) is 137 Å². The van der Waals surface area contributed by atoms with E-state index in [1.165, 1.54) is 12.1 Å². The zero-order valence-corrected chi connectivity index (χ0v) is 35.9. The van der Waals surface area contributed by atoms with Gasteiger partial charge in [0.05, 0.1) is 24.3 Å². The summed E-state index contributed by atoms with van der Waals surface area (Å²) in [6.07, 6.45) is 0.970. The summed E-state index contributed by atoms with van der Waals surface area (Å²) in [4.78, 5) is 39.0. The molecular formula is C37H60N6O5Si3. The summed E-state index contributed by atoms with van der Waals surface area (Å²) in [6.45, 7) is 25.2. The third kappa shape index (κ3) is 17.0. The number of anilines is 5. The van der Waals surface area contributed by atoms with Gasteiger partial charge in [0.2, 0.25) is 17.8 Å². The molecule has 2 aromatic carbocycles. The molecule has 1 heterocycles. The lowest BCUT2D eigenvalue weighted by Gasteiger charge is -2.26. The van der Waals surface area contributed by atoms with Crippen LogP contribution in [0.5, 0.6) is 0 Å². The molecule has 51 heavy (non-hydrogen) atoms. The molecule has 1 aromatic heterocycles. The second-order valence-electron chi connectivity index (χ2n) is 16.9. The molecule has 3 aromatic rings. The van der Waals surface area contributed by atoms with Gasteiger partial charge in [-0.25, -0.2) is 9.59 Å². The maximum absolute atomic E-state index is 12.5. The van der Waals surface area contributed by atoms with Crippen LogP contribution in [0, 0.1) is 10.8 Å². The Hall–Kier alpha value is -3.60. The van der Waals surface area contributed by atoms with Gasteiger partial charge >= 0.3 is 11.9 Å². The number of nitrogens with zero attached hydrogens (tertiary/aromatic N) is 3. The number of ether oxygens (including phenoxy) is 2. The summed E-state index contributed by atoms with van der Waals surface area (Å²) >= 11 is 0. The molecule has 280 valence electrons. The van der Waals surface area contributed by atoms with Crippen LogP contribution in [0.4, 0.5) is 29.2 Å². The number of rotatable bonds is 18. The summed E-state index contributed by atoms with van der Waals surface area (Å²) in [5.74, 6) is 0.358. The normalized spacial score (nSPS) is 12.7. The van der Waals surface area contributed by atoms with Gasteiger partial charge in [0, 0.05) is 26.7 Å². The third-order valence-corrected chi connectivity index (χ3v) is 15.6. The van der Waals surface area contributed by atoms with Crippen molar-refractivity contribution in [2.24, 2.45) is 10.8 Å². The van der Waals surface area contributed by atoms with Crippen molar-refractivity contribution in [3.8, 4) is 0 Å². The van der Waals surface area contributed by atoms with E-state index in [0.29, 0.717) is 60.1 Å². The lowest BCUT2D eigenvalue weighted by molar-refractivity contribution is 0.0360. The Bertz CT molecular complexity index is 1460. The number of nitrogens with one attached hydrogen (secondary N) is 3. The van der Waals surface area contributed by atoms with Crippen LogP contribution >= 0.6 is 0 Å². The summed E-state index contributed by atoms with van der Waals surface area (Å²) in [5.41, 5.74) is 2.10. The van der Waals surface area contributed by atoms with Crippen molar-refractivity contribution in [2.45, 2.75) is 98.8 Å². The summed E-state index contributed by atoms with van der Waals surface area (Å²) in [6, 6.07) is 17.7. The number of aromatic nitrogens is 3. The van der Waals surface area contributed by atoms with E-state index >= 15 is 0 Å². The molecule has 11 nitrogen and oxygen atoms in total. The Labute approximate surface area is 309 Å². The van der Waals surface area contributed by atoms with Crippen molar-refractivity contribution in [1.29, 1.82) is 0 Å². The van der Waals surface area contributed by atoms with Gasteiger partial charge in [-0.1, -0.05) is 60.7 Å². The molecular weight excluding hydrogens is 693 g/mol. The molecule has 3 rings (SSSR count). The minimum Gasteiger partial charge on any atom is -0.462 e. The van der Waals surface area contributed by atoms with Gasteiger partial charge < -0.3 is 29.5 Å². The minimum absolute atomic E-state index is 0.117. The van der Waals surface area contributed by atoms with Gasteiger partial charge in [-0.05, 0) is 97.5 Å². The van der Waals surface area contributed by atoms with Crippen molar-refractivity contribution in [2.75, 3.05) is 35.7 Å². The first-order valence-electron chi connectivity index (χ1n) is 18.0. The molecule has 0 radical (unpaired) electrons. The van der Waals surface area contributed by atoms with Crippen LogP contribution in [0.3, 0.4) is 0 Å². The molecule has 0 aliphatic rings. The van der Waals surface area contributed by atoms with Crippen molar-refractivity contribution in [3.05, 3.63) is 59.7 Å². The standard InChI is InChI=1S/C37H60N6O5Si3/c1-36(2,3)25-46-31(44)27-13-17-29(18-14-27)39-34-41-33(38-21-12-22-50(24-23-49(7)8)48-51(9,10)11)42-35(43-34)40-30-19-15-28(16-20-30)32(45)47-26-37(4,5)6/h13-20,49-50H,12,21-26H2,1-11H3,(H3,38,39,40,41,42,43). The highest BCUT2D eigenvalue weighted by Crippen LogP contribution is 2.22. The molecule has 0 bridgehead atoms. The average Bonchev–Trinajstić information content (AvgIpc) is 3.02. The van der Waals surface area contributed by atoms with Crippen molar-refractivity contribution in [3.63, 3.8) is 0 Å². The van der Waals surface area contributed by atoms with Gasteiger partial charge in [-0.15, -0.1) is 0 Å². The molecule has 14 heteroatoms. The summed E-state index contributed by atoms with van der Waals surface area (Å²) in [7, 11) is -3.51. The Kier molecular flexibility index (Phi) is 15.4. The highest BCUT2D eigenvalue weighted by Gasteiger charge is 2.22. The van der Waals surface area contributed by atoms with E-state index in [4.69, 9.17) is 13.6 Å². The molecule has 0 saturated heterocycles. The predicted molar refractivity (Wildman–Crippen MR) is 217 cm³/mol. The van der Waals surface area contributed by atoms with Gasteiger partial charge in [0.15, 0.2) is 17.4 Å². The van der Waals surface area contributed by atoms with Crippen molar-refractivity contribution >= 4 is 67.3 Å². The largest absolute Gasteiger partial charge is 0.462 e. The van der Waals surface area contributed by atoms with Crippen LogP contribution in [-0.4, -0.2) is 72.8 Å². The Balaban J connectivity index is 1.75. The Morgan fingerprint density at radius 3 is 1.49 bits per heavy atom. The zero-order chi connectivity index (χ0) is 37.8. The SMILES string of the molecule is C[SiH](C)CC[SiH](CCCNc1nc(Nc2ccc(C(=O)OCC(C)(C)C)cc2)nc(Nc2ccc(C(=O)OCC(C)(C)C)cc2)n1)O[Si](C)(C)C. The molecule has 0 spiro atoms. The van der Waals surface area contributed by atoms with E-state index in [-0.39, 0.29) is 22.8 Å². The lowest BCUT2D eigenvalue weighted by Crippen LogP contribution is -2.35. The predicted octanol–water partition coefficient (Wildman–Crippen LogP) is 8.63. The fraction of sp³-hybridized carbons (Fsp3) is 0.541. The fourth-order valence-corrected chi connectivity index (χ4v) is 14.8. The maximum atomic E-state index is 12.5. The van der Waals surface area contributed by atoms with Gasteiger partial charge in [0.1, 0.15) is 0 Å². The van der Waals surface area contributed by atoms with E-state index < -0.39 is 26.2 Å². The second-order valence-corrected chi connectivity index (χ2v) is 27.8. The summed E-state index contributed by atoms with van der Waals surface area (Å²) < 4.78 is 17.6. The maximum Gasteiger partial charge on any atom is 0.338 e. The smallest absolute Gasteiger partial charge is 0.338 e. The number of carbonyl (C=O) groups is 2. The molecule has 0 aliphatic carbocycles. The van der Waals surface area contributed by atoms with Gasteiger partial charge in [0.25, 0.3) is 0 Å². The monoisotopic (exact) mass is 752 g/mol. The van der Waals surface area contributed by atoms with Gasteiger partial charge in [-0.3, -0.25) is 0 Å². The van der Waals surface area contributed by atoms with Crippen LogP contribution in [0.15, 0.2) is 48.5 Å². The molecule has 3 N–H and O–H groups in total. The van der Waals surface area contributed by atoms with Crippen LogP contribution in [0.1, 0.15) is 68.7 Å². The zero-order valence-electron chi connectivity index (χ0n) is 32.6. The first-order valence-corrected chi connectivity index (χ1v) is 26.6. The first-order chi connectivity index (χ1) is 23.7. The lowest BCUT2D eigenvalue weighted by atomic mass is 9.99. The fourth-order valence-electron chi connectivity index (χ4n) is 4.75.